The molecule has 0 saturated heterocycles. The lowest BCUT2D eigenvalue weighted by atomic mass is 10.1. The van der Waals surface area contributed by atoms with Crippen LogP contribution in [0, 0.1) is 12.7 Å². The molecule has 1 aromatic carbocycles. The van der Waals surface area contributed by atoms with Crippen molar-refractivity contribution in [1.82, 2.24) is 10.0 Å². The summed E-state index contributed by atoms with van der Waals surface area (Å²) < 4.78 is 41.0. The van der Waals surface area contributed by atoms with Crippen LogP contribution in [0.25, 0.3) is 0 Å². The van der Waals surface area contributed by atoms with E-state index >= 15 is 0 Å². The fourth-order valence-electron chi connectivity index (χ4n) is 1.94. The van der Waals surface area contributed by atoms with Crippen LogP contribution in [0.1, 0.15) is 16.0 Å². The number of halogens is 1. The highest BCUT2D eigenvalue weighted by atomic mass is 32.2. The molecule has 0 saturated carbocycles. The van der Waals surface area contributed by atoms with Crippen molar-refractivity contribution in [2.45, 2.75) is 24.9 Å². The van der Waals surface area contributed by atoms with Gasteiger partial charge < -0.3 is 5.32 Å². The first-order valence-electron chi connectivity index (χ1n) is 6.39. The largest absolute Gasteiger partial charge is 0.316 e. The molecule has 7 heteroatoms. The molecule has 1 heterocycles. The van der Waals surface area contributed by atoms with E-state index in [4.69, 9.17) is 0 Å². The van der Waals surface area contributed by atoms with Crippen LogP contribution >= 0.6 is 11.3 Å². The van der Waals surface area contributed by atoms with E-state index in [1.807, 2.05) is 17.5 Å². The second kappa shape index (κ2) is 6.65. The zero-order valence-corrected chi connectivity index (χ0v) is 13.4. The van der Waals surface area contributed by atoms with Gasteiger partial charge in [0, 0.05) is 23.5 Å². The van der Waals surface area contributed by atoms with Gasteiger partial charge in [-0.2, -0.15) is 0 Å². The van der Waals surface area contributed by atoms with Gasteiger partial charge in [-0.15, -0.1) is 11.3 Å². The standard InChI is InChI=1S/C14H17FN2O2S2/c1-10-6-13(7-11(8-16-2)14(10)15)21(18,19)17-9-12-4-3-5-20-12/h3-7,16-17H,8-9H2,1-2H3. The molecule has 0 aliphatic carbocycles. The minimum atomic E-state index is -3.65. The SMILES string of the molecule is CNCc1cc(S(=O)(=O)NCc2cccs2)cc(C)c1F. The summed E-state index contributed by atoms with van der Waals surface area (Å²) >= 11 is 1.48. The minimum Gasteiger partial charge on any atom is -0.316 e. The van der Waals surface area contributed by atoms with Gasteiger partial charge in [0.1, 0.15) is 5.82 Å². The average Bonchev–Trinajstić information content (AvgIpc) is 2.95. The number of sulfonamides is 1. The molecule has 0 bridgehead atoms. The highest BCUT2D eigenvalue weighted by molar-refractivity contribution is 7.89. The Bertz CT molecular complexity index is 713. The number of benzene rings is 1. The third kappa shape index (κ3) is 3.88. The van der Waals surface area contributed by atoms with E-state index in [0.29, 0.717) is 11.1 Å². The molecule has 0 atom stereocenters. The molecule has 0 amide bonds. The van der Waals surface area contributed by atoms with Crippen molar-refractivity contribution in [2.75, 3.05) is 7.05 Å². The van der Waals surface area contributed by atoms with E-state index < -0.39 is 10.0 Å². The number of aryl methyl sites for hydroxylation is 1. The lowest BCUT2D eigenvalue weighted by molar-refractivity contribution is 0.575. The van der Waals surface area contributed by atoms with Gasteiger partial charge in [-0.05, 0) is 43.1 Å². The fraction of sp³-hybridized carbons (Fsp3) is 0.286. The van der Waals surface area contributed by atoms with Crippen molar-refractivity contribution in [3.63, 3.8) is 0 Å². The van der Waals surface area contributed by atoms with Gasteiger partial charge >= 0.3 is 0 Å². The lowest BCUT2D eigenvalue weighted by Gasteiger charge is -2.11. The van der Waals surface area contributed by atoms with Crippen LogP contribution in [0.15, 0.2) is 34.5 Å². The molecule has 0 spiro atoms. The van der Waals surface area contributed by atoms with Crippen LogP contribution in [-0.2, 0) is 23.1 Å². The Hall–Kier alpha value is -1.28. The second-order valence-corrected chi connectivity index (χ2v) is 7.45. The molecule has 2 N–H and O–H groups in total. The van der Waals surface area contributed by atoms with E-state index in [2.05, 4.69) is 10.0 Å². The lowest BCUT2D eigenvalue weighted by Crippen LogP contribution is -2.23. The Labute approximate surface area is 128 Å². The van der Waals surface area contributed by atoms with Crippen molar-refractivity contribution in [3.05, 3.63) is 51.5 Å². The number of rotatable bonds is 6. The zero-order valence-electron chi connectivity index (χ0n) is 11.8. The van der Waals surface area contributed by atoms with Crippen molar-refractivity contribution in [2.24, 2.45) is 0 Å². The van der Waals surface area contributed by atoms with E-state index in [1.54, 1.807) is 14.0 Å². The third-order valence-electron chi connectivity index (χ3n) is 3.00. The Morgan fingerprint density at radius 3 is 2.67 bits per heavy atom. The molecule has 114 valence electrons. The van der Waals surface area contributed by atoms with E-state index in [1.165, 1.54) is 23.5 Å². The number of hydrogen-bond acceptors (Lipinski definition) is 4. The Morgan fingerprint density at radius 1 is 1.29 bits per heavy atom. The molecule has 21 heavy (non-hydrogen) atoms. The molecule has 0 unspecified atom stereocenters. The van der Waals surface area contributed by atoms with Gasteiger partial charge in [-0.25, -0.2) is 17.5 Å². The Kier molecular flexibility index (Phi) is 5.10. The highest BCUT2D eigenvalue weighted by Gasteiger charge is 2.18. The maximum atomic E-state index is 13.9. The van der Waals surface area contributed by atoms with Gasteiger partial charge in [-0.3, -0.25) is 0 Å². The maximum Gasteiger partial charge on any atom is 0.240 e. The molecule has 2 rings (SSSR count). The molecule has 0 aliphatic heterocycles. The molecular weight excluding hydrogens is 311 g/mol. The topological polar surface area (TPSA) is 58.2 Å². The van der Waals surface area contributed by atoms with Gasteiger partial charge in [0.05, 0.1) is 4.90 Å². The van der Waals surface area contributed by atoms with Crippen molar-refractivity contribution < 1.29 is 12.8 Å². The molecule has 0 radical (unpaired) electrons. The molecule has 4 nitrogen and oxygen atoms in total. The summed E-state index contributed by atoms with van der Waals surface area (Å²) in [4.78, 5) is 1.01. The summed E-state index contributed by atoms with van der Waals surface area (Å²) in [7, 11) is -1.97. The first kappa shape index (κ1) is 16.1. The number of nitrogens with one attached hydrogen (secondary N) is 2. The predicted molar refractivity (Wildman–Crippen MR) is 82.2 cm³/mol. The molecule has 0 aliphatic rings. The first-order valence-corrected chi connectivity index (χ1v) is 8.76. The third-order valence-corrected chi connectivity index (χ3v) is 5.25. The van der Waals surface area contributed by atoms with Gasteiger partial charge in [-0.1, -0.05) is 6.07 Å². The van der Waals surface area contributed by atoms with Gasteiger partial charge in [0.15, 0.2) is 0 Å². The summed E-state index contributed by atoms with van der Waals surface area (Å²) in [6.45, 7) is 2.07. The summed E-state index contributed by atoms with van der Waals surface area (Å²) in [6.07, 6.45) is 0. The second-order valence-electron chi connectivity index (χ2n) is 4.65. The summed E-state index contributed by atoms with van der Waals surface area (Å²) in [5.41, 5.74) is 0.660. The van der Waals surface area contributed by atoms with Crippen LogP contribution in [0.3, 0.4) is 0 Å². The van der Waals surface area contributed by atoms with E-state index in [-0.39, 0.29) is 23.8 Å². The monoisotopic (exact) mass is 328 g/mol. The van der Waals surface area contributed by atoms with Crippen molar-refractivity contribution >= 4 is 21.4 Å². The summed E-state index contributed by atoms with van der Waals surface area (Å²) in [5.74, 6) is -0.374. The minimum absolute atomic E-state index is 0.0863. The summed E-state index contributed by atoms with van der Waals surface area (Å²) in [6, 6.07) is 6.44. The molecule has 2 aromatic rings. The highest BCUT2D eigenvalue weighted by Crippen LogP contribution is 2.20. The van der Waals surface area contributed by atoms with Crippen molar-refractivity contribution in [3.8, 4) is 0 Å². The maximum absolute atomic E-state index is 13.9. The van der Waals surface area contributed by atoms with Gasteiger partial charge in [0.25, 0.3) is 0 Å². The molecular formula is C14H17FN2O2S2. The first-order chi connectivity index (χ1) is 9.94. The van der Waals surface area contributed by atoms with Crippen LogP contribution in [0.5, 0.6) is 0 Å². The fourth-order valence-corrected chi connectivity index (χ4v) is 3.82. The normalized spacial score (nSPS) is 11.8. The average molecular weight is 328 g/mol. The number of thiophene rings is 1. The summed E-state index contributed by atoms with van der Waals surface area (Å²) in [5, 5.41) is 4.72. The smallest absolute Gasteiger partial charge is 0.240 e. The van der Waals surface area contributed by atoms with Crippen molar-refractivity contribution in [1.29, 1.82) is 0 Å². The van der Waals surface area contributed by atoms with Crippen LogP contribution in [-0.4, -0.2) is 15.5 Å². The van der Waals surface area contributed by atoms with Gasteiger partial charge in [0.2, 0.25) is 10.0 Å². The predicted octanol–water partition coefficient (Wildman–Crippen LogP) is 2.39. The zero-order chi connectivity index (χ0) is 15.5. The Balaban J connectivity index is 2.27. The van der Waals surface area contributed by atoms with E-state index in [0.717, 1.165) is 4.88 Å². The van der Waals surface area contributed by atoms with E-state index in [9.17, 15) is 12.8 Å². The molecule has 0 fully saturated rings. The quantitative estimate of drug-likeness (QED) is 0.856. The molecule has 1 aromatic heterocycles. The number of hydrogen-bond donors (Lipinski definition) is 2. The van der Waals surface area contributed by atoms with Crippen LogP contribution < -0.4 is 10.0 Å². The van der Waals surface area contributed by atoms with Crippen LogP contribution in [0.2, 0.25) is 0 Å². The Morgan fingerprint density at radius 2 is 2.05 bits per heavy atom. The van der Waals surface area contributed by atoms with Crippen LogP contribution in [0.4, 0.5) is 4.39 Å².